The first-order valence-corrected chi connectivity index (χ1v) is 6.85. The molecule has 0 aliphatic carbocycles. The number of nitrogens with zero attached hydrogens (tertiary/aromatic N) is 2. The Morgan fingerprint density at radius 2 is 2.26 bits per heavy atom. The van der Waals surface area contributed by atoms with Crippen LogP contribution in [0.1, 0.15) is 11.5 Å². The fraction of sp³-hybridized carbons (Fsp3) is 0.200. The quantitative estimate of drug-likeness (QED) is 0.527. The number of aromatic nitrogens is 2. The Morgan fingerprint density at radius 1 is 1.47 bits per heavy atom. The molecule has 0 fully saturated rings. The van der Waals surface area contributed by atoms with Crippen molar-refractivity contribution in [3.63, 3.8) is 0 Å². The molecule has 0 aliphatic rings. The fourth-order valence-electron chi connectivity index (χ4n) is 1.46. The van der Waals surface area contributed by atoms with Crippen LogP contribution in [0, 0.1) is 6.92 Å². The zero-order valence-corrected chi connectivity index (χ0v) is 10.9. The molecule has 4 N–H and O–H groups in total. The summed E-state index contributed by atoms with van der Waals surface area (Å²) in [6.07, 6.45) is 1.44. The van der Waals surface area contributed by atoms with Gasteiger partial charge in [0.2, 0.25) is 10.0 Å². The van der Waals surface area contributed by atoms with Gasteiger partial charge in [-0.15, -0.1) is 0 Å². The maximum absolute atomic E-state index is 12.1. The highest BCUT2D eigenvalue weighted by Gasteiger charge is 2.19. The van der Waals surface area contributed by atoms with Gasteiger partial charge in [-0.3, -0.25) is 0 Å². The third-order valence-corrected chi connectivity index (χ3v) is 3.75. The molecular formula is C10H13N5O3S. The van der Waals surface area contributed by atoms with E-state index in [0.717, 1.165) is 0 Å². The molecule has 0 aliphatic heterocycles. The molecule has 0 saturated carbocycles. The third-order valence-electron chi connectivity index (χ3n) is 2.32. The van der Waals surface area contributed by atoms with Crippen molar-refractivity contribution in [2.24, 2.45) is 5.84 Å². The van der Waals surface area contributed by atoms with E-state index in [2.05, 4.69) is 20.3 Å². The number of rotatable bonds is 5. The minimum Gasteiger partial charge on any atom is -0.361 e. The molecule has 0 radical (unpaired) electrons. The number of hydrazine groups is 1. The largest absolute Gasteiger partial charge is 0.361 e. The second-order valence-corrected chi connectivity index (χ2v) is 5.48. The van der Waals surface area contributed by atoms with Crippen molar-refractivity contribution in [3.05, 3.63) is 35.9 Å². The van der Waals surface area contributed by atoms with Crippen LogP contribution < -0.4 is 16.0 Å². The van der Waals surface area contributed by atoms with Crippen molar-refractivity contribution in [1.29, 1.82) is 0 Å². The Kier molecular flexibility index (Phi) is 3.79. The highest BCUT2D eigenvalue weighted by Crippen LogP contribution is 2.16. The lowest BCUT2D eigenvalue weighted by molar-refractivity contribution is 0.390. The van der Waals surface area contributed by atoms with Gasteiger partial charge in [0, 0.05) is 12.3 Å². The number of hydrogen-bond acceptors (Lipinski definition) is 7. The van der Waals surface area contributed by atoms with Crippen molar-refractivity contribution in [3.8, 4) is 0 Å². The number of nitrogens with two attached hydrogens (primary N) is 1. The van der Waals surface area contributed by atoms with Gasteiger partial charge in [0.25, 0.3) is 0 Å². The molecule has 0 unspecified atom stereocenters. The molecule has 0 atom stereocenters. The second-order valence-electron chi connectivity index (χ2n) is 3.75. The lowest BCUT2D eigenvalue weighted by Crippen LogP contribution is -2.25. The summed E-state index contributed by atoms with van der Waals surface area (Å²) >= 11 is 0. The topological polar surface area (TPSA) is 123 Å². The van der Waals surface area contributed by atoms with E-state index in [1.54, 1.807) is 13.0 Å². The van der Waals surface area contributed by atoms with Crippen LogP contribution in [0.15, 0.2) is 33.8 Å². The van der Waals surface area contributed by atoms with E-state index in [4.69, 9.17) is 10.4 Å². The zero-order chi connectivity index (χ0) is 13.9. The minimum atomic E-state index is -3.73. The summed E-state index contributed by atoms with van der Waals surface area (Å²) in [6.45, 7) is 1.75. The normalized spacial score (nSPS) is 11.5. The third kappa shape index (κ3) is 3.08. The van der Waals surface area contributed by atoms with Gasteiger partial charge in [0.15, 0.2) is 5.82 Å². The SMILES string of the molecule is Cc1cc(CNS(=O)(=O)c2cccnc2NN)no1. The van der Waals surface area contributed by atoms with Crippen LogP contribution in [0.2, 0.25) is 0 Å². The highest BCUT2D eigenvalue weighted by atomic mass is 32.2. The van der Waals surface area contributed by atoms with E-state index in [1.165, 1.54) is 18.3 Å². The molecule has 0 spiro atoms. The minimum absolute atomic E-state index is 0.0264. The summed E-state index contributed by atoms with van der Waals surface area (Å²) in [4.78, 5) is 3.80. The average Bonchev–Trinajstić information content (AvgIpc) is 2.82. The van der Waals surface area contributed by atoms with Gasteiger partial charge in [-0.05, 0) is 19.1 Å². The Morgan fingerprint density at radius 3 is 2.89 bits per heavy atom. The van der Waals surface area contributed by atoms with E-state index in [9.17, 15) is 8.42 Å². The van der Waals surface area contributed by atoms with E-state index < -0.39 is 10.0 Å². The van der Waals surface area contributed by atoms with E-state index in [-0.39, 0.29) is 17.3 Å². The molecule has 0 amide bonds. The number of nitrogens with one attached hydrogen (secondary N) is 2. The summed E-state index contributed by atoms with van der Waals surface area (Å²) in [5.41, 5.74) is 2.73. The number of sulfonamides is 1. The smallest absolute Gasteiger partial charge is 0.244 e. The molecule has 2 aromatic heterocycles. The molecule has 102 valence electrons. The van der Waals surface area contributed by atoms with Crippen molar-refractivity contribution in [2.75, 3.05) is 5.43 Å². The van der Waals surface area contributed by atoms with Crippen molar-refractivity contribution in [2.45, 2.75) is 18.4 Å². The Bertz CT molecular complexity index is 667. The lowest BCUT2D eigenvalue weighted by atomic mass is 10.4. The van der Waals surface area contributed by atoms with Crippen LogP contribution in [-0.2, 0) is 16.6 Å². The number of anilines is 1. The van der Waals surface area contributed by atoms with Crippen molar-refractivity contribution in [1.82, 2.24) is 14.9 Å². The predicted octanol–water partition coefficient (Wildman–Crippen LogP) is 0.142. The van der Waals surface area contributed by atoms with Crippen molar-refractivity contribution >= 4 is 15.8 Å². The van der Waals surface area contributed by atoms with Gasteiger partial charge in [-0.25, -0.2) is 24.0 Å². The van der Waals surface area contributed by atoms with Crippen LogP contribution >= 0.6 is 0 Å². The number of hydrogen-bond donors (Lipinski definition) is 3. The highest BCUT2D eigenvalue weighted by molar-refractivity contribution is 7.89. The molecule has 0 bridgehead atoms. The Balaban J connectivity index is 2.18. The fourth-order valence-corrected chi connectivity index (χ4v) is 2.58. The molecule has 2 heterocycles. The van der Waals surface area contributed by atoms with Gasteiger partial charge in [0.05, 0.1) is 12.2 Å². The monoisotopic (exact) mass is 283 g/mol. The molecular weight excluding hydrogens is 270 g/mol. The van der Waals surface area contributed by atoms with Gasteiger partial charge in [0.1, 0.15) is 10.7 Å². The average molecular weight is 283 g/mol. The summed E-state index contributed by atoms with van der Waals surface area (Å²) in [5, 5.41) is 3.70. The predicted molar refractivity (Wildman–Crippen MR) is 67.3 cm³/mol. The molecule has 2 aromatic rings. The van der Waals surface area contributed by atoms with Gasteiger partial charge in [-0.2, -0.15) is 0 Å². The van der Waals surface area contributed by atoms with Crippen LogP contribution in [0.3, 0.4) is 0 Å². The first kappa shape index (κ1) is 13.5. The first-order chi connectivity index (χ1) is 9.03. The molecule has 19 heavy (non-hydrogen) atoms. The summed E-state index contributed by atoms with van der Waals surface area (Å²) in [7, 11) is -3.73. The summed E-state index contributed by atoms with van der Waals surface area (Å²) in [6, 6.07) is 4.56. The van der Waals surface area contributed by atoms with Gasteiger partial charge < -0.3 is 9.95 Å². The van der Waals surface area contributed by atoms with Crippen LogP contribution in [0.5, 0.6) is 0 Å². The summed E-state index contributed by atoms with van der Waals surface area (Å²) < 4.78 is 31.4. The van der Waals surface area contributed by atoms with E-state index in [1.807, 2.05) is 0 Å². The zero-order valence-electron chi connectivity index (χ0n) is 10.1. The number of aryl methyl sites for hydroxylation is 1. The van der Waals surface area contributed by atoms with Crippen LogP contribution in [0.25, 0.3) is 0 Å². The van der Waals surface area contributed by atoms with Gasteiger partial charge in [-0.1, -0.05) is 5.16 Å². The maximum Gasteiger partial charge on any atom is 0.244 e. The molecule has 2 rings (SSSR count). The van der Waals surface area contributed by atoms with E-state index in [0.29, 0.717) is 11.5 Å². The molecule has 8 nitrogen and oxygen atoms in total. The summed E-state index contributed by atoms with van der Waals surface area (Å²) in [5.74, 6) is 5.91. The first-order valence-electron chi connectivity index (χ1n) is 5.36. The molecule has 0 saturated heterocycles. The van der Waals surface area contributed by atoms with Gasteiger partial charge >= 0.3 is 0 Å². The number of pyridine rings is 1. The second kappa shape index (κ2) is 5.34. The Labute approximate surface area is 110 Å². The lowest BCUT2D eigenvalue weighted by Gasteiger charge is -2.08. The maximum atomic E-state index is 12.1. The molecule has 9 heteroatoms. The standard InChI is InChI=1S/C10H13N5O3S/c1-7-5-8(15-18-7)6-13-19(16,17)9-3-2-4-12-10(9)14-11/h2-5,13H,6,11H2,1H3,(H,12,14). The van der Waals surface area contributed by atoms with Crippen LogP contribution in [-0.4, -0.2) is 18.6 Å². The molecule has 0 aromatic carbocycles. The Hall–Kier alpha value is -1.97. The van der Waals surface area contributed by atoms with E-state index >= 15 is 0 Å². The van der Waals surface area contributed by atoms with Crippen molar-refractivity contribution < 1.29 is 12.9 Å². The van der Waals surface area contributed by atoms with Crippen LogP contribution in [0.4, 0.5) is 5.82 Å². The number of nitrogen functional groups attached to an aromatic ring is 1.